The van der Waals surface area contributed by atoms with Crippen LogP contribution in [-0.2, 0) is 6.42 Å². The summed E-state index contributed by atoms with van der Waals surface area (Å²) in [5.74, 6) is -0.766. The van der Waals surface area contributed by atoms with E-state index >= 15 is 0 Å². The van der Waals surface area contributed by atoms with Crippen LogP contribution in [0.25, 0.3) is 0 Å². The van der Waals surface area contributed by atoms with Crippen molar-refractivity contribution in [2.45, 2.75) is 6.42 Å². The minimum Gasteiger partial charge on any atom is -0.330 e. The van der Waals surface area contributed by atoms with Crippen LogP contribution in [0, 0.1) is 5.82 Å². The number of halogens is 1. The van der Waals surface area contributed by atoms with Gasteiger partial charge in [-0.05, 0) is 42.8 Å². The van der Waals surface area contributed by atoms with Gasteiger partial charge < -0.3 is 11.1 Å². The number of amides is 1. The minimum atomic E-state index is -0.409. The van der Waals surface area contributed by atoms with Gasteiger partial charge in [-0.25, -0.2) is 4.39 Å². The molecule has 0 fully saturated rings. The van der Waals surface area contributed by atoms with E-state index in [1.54, 1.807) is 36.7 Å². The fourth-order valence-corrected chi connectivity index (χ4v) is 1.69. The molecule has 0 atom stereocenters. The average Bonchev–Trinajstić information content (AvgIpc) is 2.42. The molecule has 4 nitrogen and oxygen atoms in total. The van der Waals surface area contributed by atoms with Gasteiger partial charge >= 0.3 is 0 Å². The van der Waals surface area contributed by atoms with Crippen molar-refractivity contribution in [3.05, 3.63) is 59.7 Å². The van der Waals surface area contributed by atoms with Gasteiger partial charge in [0.05, 0.1) is 0 Å². The zero-order chi connectivity index (χ0) is 13.7. The molecule has 0 bridgehead atoms. The normalized spacial score (nSPS) is 10.2. The van der Waals surface area contributed by atoms with Crippen molar-refractivity contribution in [3.8, 4) is 0 Å². The van der Waals surface area contributed by atoms with Crippen LogP contribution >= 0.6 is 0 Å². The van der Waals surface area contributed by atoms with E-state index in [2.05, 4.69) is 10.3 Å². The van der Waals surface area contributed by atoms with Gasteiger partial charge in [0.15, 0.2) is 0 Å². The zero-order valence-electron chi connectivity index (χ0n) is 10.3. The monoisotopic (exact) mass is 259 g/mol. The largest absolute Gasteiger partial charge is 0.330 e. The van der Waals surface area contributed by atoms with E-state index in [0.717, 1.165) is 0 Å². The van der Waals surface area contributed by atoms with Crippen LogP contribution in [0.1, 0.15) is 15.9 Å². The molecule has 0 unspecified atom stereocenters. The highest BCUT2D eigenvalue weighted by molar-refractivity contribution is 6.04. The van der Waals surface area contributed by atoms with Crippen LogP contribution in [0.3, 0.4) is 0 Å². The maximum absolute atomic E-state index is 13.7. The van der Waals surface area contributed by atoms with E-state index in [0.29, 0.717) is 24.2 Å². The van der Waals surface area contributed by atoms with Crippen LogP contribution in [0.2, 0.25) is 0 Å². The molecule has 2 rings (SSSR count). The van der Waals surface area contributed by atoms with E-state index in [1.165, 1.54) is 6.07 Å². The van der Waals surface area contributed by atoms with Crippen LogP contribution < -0.4 is 11.1 Å². The summed E-state index contributed by atoms with van der Waals surface area (Å²) in [4.78, 5) is 15.8. The van der Waals surface area contributed by atoms with Gasteiger partial charge in [0.2, 0.25) is 0 Å². The van der Waals surface area contributed by atoms with Crippen LogP contribution in [-0.4, -0.2) is 17.4 Å². The number of nitrogens with zero attached hydrogens (tertiary/aromatic N) is 1. The van der Waals surface area contributed by atoms with Crippen LogP contribution in [0.5, 0.6) is 0 Å². The third-order valence-electron chi connectivity index (χ3n) is 2.67. The van der Waals surface area contributed by atoms with Crippen molar-refractivity contribution in [1.82, 2.24) is 4.98 Å². The molecule has 0 saturated carbocycles. The van der Waals surface area contributed by atoms with Crippen LogP contribution in [0.4, 0.5) is 10.1 Å². The Morgan fingerprint density at radius 1 is 1.26 bits per heavy atom. The van der Waals surface area contributed by atoms with Gasteiger partial charge in [0, 0.05) is 23.6 Å². The Bertz CT molecular complexity index is 572. The van der Waals surface area contributed by atoms with Gasteiger partial charge in [0.25, 0.3) is 5.91 Å². The van der Waals surface area contributed by atoms with Crippen molar-refractivity contribution in [2.75, 3.05) is 11.9 Å². The van der Waals surface area contributed by atoms with E-state index in [-0.39, 0.29) is 11.5 Å². The molecular formula is C14H14FN3O. The third-order valence-corrected chi connectivity index (χ3v) is 2.67. The summed E-state index contributed by atoms with van der Waals surface area (Å²) in [5.41, 5.74) is 6.78. The molecular weight excluding hydrogens is 245 g/mol. The quantitative estimate of drug-likeness (QED) is 0.882. The highest BCUT2D eigenvalue weighted by Crippen LogP contribution is 2.13. The molecule has 5 heteroatoms. The minimum absolute atomic E-state index is 0.273. The Morgan fingerprint density at radius 2 is 2.00 bits per heavy atom. The number of aromatic nitrogens is 1. The predicted octanol–water partition coefficient (Wildman–Crippen LogP) is 1.97. The van der Waals surface area contributed by atoms with E-state index in [9.17, 15) is 9.18 Å². The lowest BCUT2D eigenvalue weighted by Gasteiger charge is -2.07. The maximum atomic E-state index is 13.7. The topological polar surface area (TPSA) is 68.0 Å². The highest BCUT2D eigenvalue weighted by atomic mass is 19.1. The van der Waals surface area contributed by atoms with Gasteiger partial charge in [-0.3, -0.25) is 9.78 Å². The molecule has 0 spiro atoms. The smallest absolute Gasteiger partial charge is 0.255 e. The second-order valence-corrected chi connectivity index (χ2v) is 4.03. The molecule has 2 aromatic rings. The van der Waals surface area contributed by atoms with Crippen LogP contribution in [0.15, 0.2) is 42.7 Å². The predicted molar refractivity (Wildman–Crippen MR) is 71.3 cm³/mol. The molecule has 1 aromatic heterocycles. The molecule has 1 aromatic carbocycles. The number of rotatable bonds is 4. The molecule has 1 amide bonds. The fraction of sp³-hybridized carbons (Fsp3) is 0.143. The number of hydrogen-bond acceptors (Lipinski definition) is 3. The standard InChI is InChI=1S/C14H14FN3O/c15-13-9-11(2-1-10(13)3-6-16)14(19)18-12-4-7-17-8-5-12/h1-2,4-5,7-9H,3,6,16H2,(H,17,18,19). The van der Waals surface area contributed by atoms with E-state index < -0.39 is 5.82 Å². The van der Waals surface area contributed by atoms with Crippen molar-refractivity contribution in [1.29, 1.82) is 0 Å². The fourth-order valence-electron chi connectivity index (χ4n) is 1.69. The molecule has 0 aliphatic rings. The highest BCUT2D eigenvalue weighted by Gasteiger charge is 2.09. The van der Waals surface area contributed by atoms with Gasteiger partial charge in [-0.1, -0.05) is 6.07 Å². The Morgan fingerprint density at radius 3 is 2.63 bits per heavy atom. The zero-order valence-corrected chi connectivity index (χ0v) is 10.3. The first kappa shape index (κ1) is 13.2. The molecule has 98 valence electrons. The number of nitrogens with two attached hydrogens (primary N) is 1. The second-order valence-electron chi connectivity index (χ2n) is 4.03. The molecule has 0 aliphatic carbocycles. The number of pyridine rings is 1. The summed E-state index contributed by atoms with van der Waals surface area (Å²) >= 11 is 0. The lowest BCUT2D eigenvalue weighted by Crippen LogP contribution is -2.13. The van der Waals surface area contributed by atoms with Crippen molar-refractivity contribution in [3.63, 3.8) is 0 Å². The lowest BCUT2D eigenvalue weighted by atomic mass is 10.1. The number of carbonyl (C=O) groups is 1. The van der Waals surface area contributed by atoms with Gasteiger partial charge in [-0.15, -0.1) is 0 Å². The van der Waals surface area contributed by atoms with E-state index in [4.69, 9.17) is 5.73 Å². The van der Waals surface area contributed by atoms with Gasteiger partial charge in [-0.2, -0.15) is 0 Å². The number of hydrogen-bond donors (Lipinski definition) is 2. The second kappa shape index (κ2) is 6.06. The van der Waals surface area contributed by atoms with Crippen molar-refractivity contribution < 1.29 is 9.18 Å². The first-order valence-electron chi connectivity index (χ1n) is 5.90. The first-order chi connectivity index (χ1) is 9.20. The Labute approximate surface area is 110 Å². The Hall–Kier alpha value is -2.27. The summed E-state index contributed by atoms with van der Waals surface area (Å²) < 4.78 is 13.7. The average molecular weight is 259 g/mol. The number of carbonyl (C=O) groups excluding carboxylic acids is 1. The summed E-state index contributed by atoms with van der Waals surface area (Å²) in [6.07, 6.45) is 3.60. The molecule has 0 radical (unpaired) electrons. The molecule has 19 heavy (non-hydrogen) atoms. The summed E-state index contributed by atoms with van der Waals surface area (Å²) in [5, 5.41) is 2.67. The number of benzene rings is 1. The summed E-state index contributed by atoms with van der Waals surface area (Å²) in [7, 11) is 0. The Balaban J connectivity index is 2.14. The summed E-state index contributed by atoms with van der Waals surface area (Å²) in [6, 6.07) is 7.73. The molecule has 0 saturated heterocycles. The SMILES string of the molecule is NCCc1ccc(C(=O)Nc2ccncc2)cc1F. The van der Waals surface area contributed by atoms with E-state index in [1.807, 2.05) is 0 Å². The summed E-state index contributed by atoms with van der Waals surface area (Å²) in [6.45, 7) is 0.374. The number of nitrogens with one attached hydrogen (secondary N) is 1. The molecule has 1 heterocycles. The third kappa shape index (κ3) is 3.35. The number of anilines is 1. The van der Waals surface area contributed by atoms with Crippen molar-refractivity contribution >= 4 is 11.6 Å². The van der Waals surface area contributed by atoms with Crippen molar-refractivity contribution in [2.24, 2.45) is 5.73 Å². The first-order valence-corrected chi connectivity index (χ1v) is 5.90. The maximum Gasteiger partial charge on any atom is 0.255 e. The molecule has 0 aliphatic heterocycles. The Kier molecular flexibility index (Phi) is 4.20. The lowest BCUT2D eigenvalue weighted by molar-refractivity contribution is 0.102. The molecule has 3 N–H and O–H groups in total. The van der Waals surface area contributed by atoms with Gasteiger partial charge in [0.1, 0.15) is 5.82 Å².